The first-order chi connectivity index (χ1) is 13.0. The molecule has 2 N–H and O–H groups in total. The van der Waals surface area contributed by atoms with Crippen LogP contribution in [0.5, 0.6) is 0 Å². The van der Waals surface area contributed by atoms with Crippen LogP contribution in [0.4, 0.5) is 5.82 Å². The van der Waals surface area contributed by atoms with E-state index < -0.39 is 0 Å². The number of benzene rings is 1. The first-order valence-electron chi connectivity index (χ1n) is 8.18. The maximum absolute atomic E-state index is 12.8. The number of carbonyl (C=O) groups excluding carboxylic acids is 2. The number of thioether (sulfide) groups is 1. The van der Waals surface area contributed by atoms with Crippen LogP contribution in [0.3, 0.4) is 0 Å². The van der Waals surface area contributed by atoms with E-state index in [4.69, 9.17) is 16.3 Å². The Labute approximate surface area is 174 Å². The van der Waals surface area contributed by atoms with Crippen molar-refractivity contribution in [1.82, 2.24) is 15.1 Å². The third-order valence-corrected chi connectivity index (χ3v) is 5.74. The van der Waals surface area contributed by atoms with Crippen molar-refractivity contribution in [3.05, 3.63) is 44.5 Å². The summed E-state index contributed by atoms with van der Waals surface area (Å²) in [5.41, 5.74) is 2.19. The monoisotopic (exact) mass is 472 g/mol. The molecular weight excluding hydrogens is 456 g/mol. The number of fused-ring (bicyclic) bond motifs is 1. The summed E-state index contributed by atoms with van der Waals surface area (Å²) < 4.78 is 7.22. The van der Waals surface area contributed by atoms with Gasteiger partial charge in [0.05, 0.1) is 22.9 Å². The predicted molar refractivity (Wildman–Crippen MR) is 109 cm³/mol. The van der Waals surface area contributed by atoms with E-state index in [-0.39, 0.29) is 18.4 Å². The maximum Gasteiger partial charge on any atom is 0.258 e. The molecule has 27 heavy (non-hydrogen) atoms. The highest BCUT2D eigenvalue weighted by molar-refractivity contribution is 9.10. The fourth-order valence-electron chi connectivity index (χ4n) is 2.65. The zero-order valence-corrected chi connectivity index (χ0v) is 17.7. The van der Waals surface area contributed by atoms with Gasteiger partial charge in [-0.05, 0) is 18.2 Å². The lowest BCUT2D eigenvalue weighted by atomic mass is 10.2. The minimum Gasteiger partial charge on any atom is -0.383 e. The number of nitrogens with one attached hydrogen (secondary N) is 2. The summed E-state index contributed by atoms with van der Waals surface area (Å²) in [6, 6.07) is 5.08. The van der Waals surface area contributed by atoms with Crippen molar-refractivity contribution in [2.24, 2.45) is 0 Å². The molecule has 3 rings (SSSR count). The third-order valence-electron chi connectivity index (χ3n) is 3.95. The number of aromatic nitrogens is 2. The van der Waals surface area contributed by atoms with E-state index in [1.54, 1.807) is 37.1 Å². The van der Waals surface area contributed by atoms with E-state index in [0.717, 1.165) is 27.2 Å². The summed E-state index contributed by atoms with van der Waals surface area (Å²) in [7, 11) is 1.57. The predicted octanol–water partition coefficient (Wildman–Crippen LogP) is 3.06. The zero-order valence-electron chi connectivity index (χ0n) is 14.6. The van der Waals surface area contributed by atoms with Crippen LogP contribution >= 0.6 is 39.3 Å². The molecule has 0 unspecified atom stereocenters. The van der Waals surface area contributed by atoms with Crippen LogP contribution in [0.1, 0.15) is 21.6 Å². The molecule has 0 fully saturated rings. The number of hydrogen-bond donors (Lipinski definition) is 2. The van der Waals surface area contributed by atoms with Crippen molar-refractivity contribution >= 4 is 56.9 Å². The van der Waals surface area contributed by atoms with E-state index in [0.29, 0.717) is 29.6 Å². The molecule has 0 aliphatic carbocycles. The number of rotatable bonds is 7. The molecule has 0 radical (unpaired) electrons. The van der Waals surface area contributed by atoms with Gasteiger partial charge in [0.2, 0.25) is 5.91 Å². The van der Waals surface area contributed by atoms with Gasteiger partial charge in [0, 0.05) is 35.2 Å². The second-order valence-electron chi connectivity index (χ2n) is 5.85. The van der Waals surface area contributed by atoms with Gasteiger partial charge in [0.25, 0.3) is 5.91 Å². The number of halogens is 2. The van der Waals surface area contributed by atoms with Gasteiger partial charge in [-0.25, -0.2) is 4.68 Å². The Hall–Kier alpha value is -1.55. The van der Waals surface area contributed by atoms with Gasteiger partial charge in [-0.15, -0.1) is 0 Å². The van der Waals surface area contributed by atoms with Gasteiger partial charge >= 0.3 is 0 Å². The Balaban J connectivity index is 1.81. The fourth-order valence-corrected chi connectivity index (χ4v) is 4.25. The normalized spacial score (nSPS) is 12.7. The van der Waals surface area contributed by atoms with Crippen molar-refractivity contribution in [2.75, 3.05) is 25.6 Å². The van der Waals surface area contributed by atoms with E-state index in [2.05, 4.69) is 31.7 Å². The van der Waals surface area contributed by atoms with Gasteiger partial charge in [-0.3, -0.25) is 9.59 Å². The summed E-state index contributed by atoms with van der Waals surface area (Å²) in [5.74, 6) is 1.49. The molecule has 7 nitrogen and oxygen atoms in total. The highest BCUT2D eigenvalue weighted by Gasteiger charge is 2.25. The van der Waals surface area contributed by atoms with Gasteiger partial charge in [0.1, 0.15) is 12.4 Å². The SMILES string of the molecule is COCCNC(=O)Cn1nc2c(c1NC(=O)c1cc(Br)ccc1Cl)CSC2. The third kappa shape index (κ3) is 4.84. The maximum atomic E-state index is 12.8. The average Bonchev–Trinajstić information content (AvgIpc) is 3.20. The Morgan fingerprint density at radius 2 is 2.22 bits per heavy atom. The van der Waals surface area contributed by atoms with Crippen molar-refractivity contribution in [3.8, 4) is 0 Å². The summed E-state index contributed by atoms with van der Waals surface area (Å²) in [6.45, 7) is 0.869. The highest BCUT2D eigenvalue weighted by atomic mass is 79.9. The number of amides is 2. The van der Waals surface area contributed by atoms with Crippen molar-refractivity contribution in [2.45, 2.75) is 18.1 Å². The Bertz CT molecular complexity index is 874. The number of ether oxygens (including phenoxy) is 1. The van der Waals surface area contributed by atoms with Gasteiger partial charge in [0.15, 0.2) is 0 Å². The van der Waals surface area contributed by atoms with Crippen LogP contribution in [-0.2, 0) is 27.6 Å². The van der Waals surface area contributed by atoms with Crippen molar-refractivity contribution in [1.29, 1.82) is 0 Å². The van der Waals surface area contributed by atoms with Gasteiger partial charge in [-0.2, -0.15) is 16.9 Å². The first kappa shape index (κ1) is 20.2. The molecule has 0 saturated heterocycles. The molecule has 0 saturated carbocycles. The highest BCUT2D eigenvalue weighted by Crippen LogP contribution is 2.35. The Kier molecular flexibility index (Phi) is 6.80. The molecule has 1 aliphatic rings. The zero-order chi connectivity index (χ0) is 19.4. The standard InChI is InChI=1S/C17H18BrClN4O3S/c1-26-5-4-20-15(24)7-23-16(12-8-27-9-14(12)22-23)21-17(25)11-6-10(18)2-3-13(11)19/h2-3,6H,4-5,7-9H2,1H3,(H,20,24)(H,21,25). The largest absolute Gasteiger partial charge is 0.383 e. The lowest BCUT2D eigenvalue weighted by molar-refractivity contribution is -0.122. The molecule has 10 heteroatoms. The smallest absolute Gasteiger partial charge is 0.258 e. The van der Waals surface area contributed by atoms with Gasteiger partial charge < -0.3 is 15.4 Å². The van der Waals surface area contributed by atoms with E-state index >= 15 is 0 Å². The number of carbonyl (C=O) groups is 2. The van der Waals surface area contributed by atoms with Crippen LogP contribution in [0.2, 0.25) is 5.02 Å². The average molecular weight is 474 g/mol. The van der Waals surface area contributed by atoms with E-state index in [1.165, 1.54) is 4.68 Å². The van der Waals surface area contributed by atoms with Crippen molar-refractivity contribution < 1.29 is 14.3 Å². The fraction of sp³-hybridized carbons (Fsp3) is 0.353. The molecule has 144 valence electrons. The van der Waals surface area contributed by atoms with Crippen LogP contribution in [0, 0.1) is 0 Å². The molecule has 2 aromatic rings. The summed E-state index contributed by atoms with van der Waals surface area (Å²) in [5, 5.41) is 10.5. The summed E-state index contributed by atoms with van der Waals surface area (Å²) in [6.07, 6.45) is 0. The second-order valence-corrected chi connectivity index (χ2v) is 8.15. The quantitative estimate of drug-likeness (QED) is 0.604. The van der Waals surface area contributed by atoms with Crippen molar-refractivity contribution in [3.63, 3.8) is 0 Å². The minimum atomic E-state index is -0.345. The second kappa shape index (κ2) is 9.09. The Morgan fingerprint density at radius 3 is 3.00 bits per heavy atom. The molecule has 2 heterocycles. The molecule has 0 spiro atoms. The molecular formula is C17H18BrClN4O3S. The first-order valence-corrected chi connectivity index (χ1v) is 10.5. The van der Waals surface area contributed by atoms with Crippen LogP contribution < -0.4 is 10.6 Å². The number of nitrogens with zero attached hydrogens (tertiary/aromatic N) is 2. The number of hydrogen-bond acceptors (Lipinski definition) is 5. The molecule has 0 bridgehead atoms. The molecule has 0 atom stereocenters. The van der Waals surface area contributed by atoms with Gasteiger partial charge in [-0.1, -0.05) is 27.5 Å². The topological polar surface area (TPSA) is 85.2 Å². The van der Waals surface area contributed by atoms with E-state index in [1.807, 2.05) is 0 Å². The number of methoxy groups -OCH3 is 1. The molecule has 1 aliphatic heterocycles. The molecule has 1 aromatic heterocycles. The number of anilines is 1. The summed E-state index contributed by atoms with van der Waals surface area (Å²) in [4.78, 5) is 24.9. The molecule has 1 aromatic carbocycles. The van der Waals surface area contributed by atoms with Crippen LogP contribution in [0.15, 0.2) is 22.7 Å². The lowest BCUT2D eigenvalue weighted by Crippen LogP contribution is -2.31. The Morgan fingerprint density at radius 1 is 1.41 bits per heavy atom. The molecule has 2 amide bonds. The van der Waals surface area contributed by atoms with Crippen LogP contribution in [-0.4, -0.2) is 41.9 Å². The van der Waals surface area contributed by atoms with Crippen LogP contribution in [0.25, 0.3) is 0 Å². The minimum absolute atomic E-state index is 0.0171. The lowest BCUT2D eigenvalue weighted by Gasteiger charge is -2.12. The summed E-state index contributed by atoms with van der Waals surface area (Å²) >= 11 is 11.2. The van der Waals surface area contributed by atoms with E-state index in [9.17, 15) is 9.59 Å².